The molecule has 5 nitrogen and oxygen atoms in total. The molecule has 0 bridgehead atoms. The summed E-state index contributed by atoms with van der Waals surface area (Å²) in [6.07, 6.45) is 1.77. The first kappa shape index (κ1) is 12.1. The second-order valence-electron chi connectivity index (χ2n) is 4.81. The van der Waals surface area contributed by atoms with Gasteiger partial charge in [0.15, 0.2) is 0 Å². The molecule has 1 atom stereocenters. The van der Waals surface area contributed by atoms with Crippen molar-refractivity contribution in [1.29, 1.82) is 0 Å². The number of aliphatic carboxylic acids is 1. The normalized spacial score (nSPS) is 21.6. The monoisotopic (exact) mass is 237 g/mol. The fourth-order valence-electron chi connectivity index (χ4n) is 2.44. The van der Waals surface area contributed by atoms with Crippen LogP contribution in [-0.2, 0) is 18.4 Å². The van der Waals surface area contributed by atoms with E-state index in [4.69, 9.17) is 5.11 Å². The number of hydrogen-bond donors (Lipinski definition) is 1. The molecule has 1 fully saturated rings. The molecule has 0 saturated carbocycles. The second-order valence-corrected chi connectivity index (χ2v) is 4.81. The summed E-state index contributed by atoms with van der Waals surface area (Å²) in [7, 11) is 1.93. The Morgan fingerprint density at radius 1 is 1.65 bits per heavy atom. The number of carboxylic acid groups (broad SMARTS) is 1. The van der Waals surface area contributed by atoms with Crippen LogP contribution in [0.2, 0.25) is 0 Å². The highest BCUT2D eigenvalue weighted by molar-refractivity contribution is 5.70. The predicted octanol–water partition coefficient (Wildman–Crippen LogP) is 1.03. The second kappa shape index (κ2) is 4.87. The van der Waals surface area contributed by atoms with Gasteiger partial charge in [0.2, 0.25) is 0 Å². The Balaban J connectivity index is 1.99. The minimum Gasteiger partial charge on any atom is -0.481 e. The fourth-order valence-corrected chi connectivity index (χ4v) is 2.44. The molecule has 1 aromatic heterocycles. The van der Waals surface area contributed by atoms with Crippen LogP contribution in [0.1, 0.15) is 24.2 Å². The summed E-state index contributed by atoms with van der Waals surface area (Å²) in [6.45, 7) is 4.40. The molecule has 1 saturated heterocycles. The van der Waals surface area contributed by atoms with Crippen LogP contribution in [0.4, 0.5) is 0 Å². The molecule has 0 aromatic carbocycles. The van der Waals surface area contributed by atoms with Crippen molar-refractivity contribution in [2.24, 2.45) is 13.0 Å². The average Bonchev–Trinajstić information content (AvgIpc) is 2.58. The van der Waals surface area contributed by atoms with E-state index in [0.29, 0.717) is 6.54 Å². The number of carbonyl (C=O) groups is 1. The van der Waals surface area contributed by atoms with Crippen molar-refractivity contribution in [1.82, 2.24) is 14.7 Å². The third-order valence-corrected chi connectivity index (χ3v) is 3.34. The molecular weight excluding hydrogens is 218 g/mol. The first-order chi connectivity index (χ1) is 8.06. The number of hydrogen-bond acceptors (Lipinski definition) is 3. The predicted molar refractivity (Wildman–Crippen MR) is 63.6 cm³/mol. The van der Waals surface area contributed by atoms with Gasteiger partial charge in [0, 0.05) is 20.1 Å². The van der Waals surface area contributed by atoms with Gasteiger partial charge in [-0.2, -0.15) is 5.10 Å². The molecule has 1 N–H and O–H groups in total. The number of rotatable bonds is 3. The Bertz CT molecular complexity index is 414. The maximum absolute atomic E-state index is 11.0. The zero-order valence-electron chi connectivity index (χ0n) is 10.4. The Morgan fingerprint density at radius 2 is 2.41 bits per heavy atom. The highest BCUT2D eigenvalue weighted by atomic mass is 16.4. The maximum Gasteiger partial charge on any atom is 0.307 e. The van der Waals surface area contributed by atoms with Gasteiger partial charge in [-0.25, -0.2) is 0 Å². The molecule has 1 aromatic rings. The molecule has 1 aliphatic rings. The largest absolute Gasteiger partial charge is 0.481 e. The molecule has 0 spiro atoms. The molecule has 17 heavy (non-hydrogen) atoms. The molecule has 0 aliphatic carbocycles. The highest BCUT2D eigenvalue weighted by Crippen LogP contribution is 2.18. The summed E-state index contributed by atoms with van der Waals surface area (Å²) in [5.41, 5.74) is 2.16. The van der Waals surface area contributed by atoms with E-state index in [1.165, 1.54) is 0 Å². The van der Waals surface area contributed by atoms with Gasteiger partial charge in [-0.3, -0.25) is 14.4 Å². The van der Waals surface area contributed by atoms with E-state index < -0.39 is 5.97 Å². The lowest BCUT2D eigenvalue weighted by Crippen LogP contribution is -2.38. The van der Waals surface area contributed by atoms with E-state index >= 15 is 0 Å². The van der Waals surface area contributed by atoms with Crippen LogP contribution < -0.4 is 0 Å². The minimum absolute atomic E-state index is 0.210. The number of carboxylic acids is 1. The lowest BCUT2D eigenvalue weighted by molar-refractivity contribution is -0.143. The number of aryl methyl sites for hydroxylation is 2. The smallest absolute Gasteiger partial charge is 0.307 e. The lowest BCUT2D eigenvalue weighted by atomic mass is 9.98. The van der Waals surface area contributed by atoms with Gasteiger partial charge in [-0.1, -0.05) is 0 Å². The number of aromatic nitrogens is 2. The van der Waals surface area contributed by atoms with Gasteiger partial charge in [-0.15, -0.1) is 0 Å². The van der Waals surface area contributed by atoms with Crippen molar-refractivity contribution >= 4 is 5.97 Å². The van der Waals surface area contributed by atoms with E-state index in [-0.39, 0.29) is 5.92 Å². The third-order valence-electron chi connectivity index (χ3n) is 3.34. The van der Waals surface area contributed by atoms with Crippen LogP contribution in [0, 0.1) is 12.8 Å². The van der Waals surface area contributed by atoms with Crippen LogP contribution in [0.25, 0.3) is 0 Å². The minimum atomic E-state index is -0.670. The molecule has 1 unspecified atom stereocenters. The number of nitrogens with zero attached hydrogens (tertiary/aromatic N) is 3. The van der Waals surface area contributed by atoms with Crippen LogP contribution in [0.15, 0.2) is 6.07 Å². The standard InChI is InChI=1S/C12H19N3O2/c1-9-6-11(14(2)13-9)8-15-5-3-4-10(7-15)12(16)17/h6,10H,3-5,7-8H2,1-2H3,(H,16,17). The van der Waals surface area contributed by atoms with Gasteiger partial charge in [-0.05, 0) is 32.4 Å². The average molecular weight is 237 g/mol. The van der Waals surface area contributed by atoms with Gasteiger partial charge in [0.1, 0.15) is 0 Å². The van der Waals surface area contributed by atoms with E-state index in [2.05, 4.69) is 16.1 Å². The molecule has 0 radical (unpaired) electrons. The van der Waals surface area contributed by atoms with Gasteiger partial charge in [0.05, 0.1) is 17.3 Å². The first-order valence-corrected chi connectivity index (χ1v) is 6.01. The fraction of sp³-hybridized carbons (Fsp3) is 0.667. The van der Waals surface area contributed by atoms with Gasteiger partial charge in [0.25, 0.3) is 0 Å². The summed E-state index contributed by atoms with van der Waals surface area (Å²) in [6, 6.07) is 2.06. The van der Waals surface area contributed by atoms with E-state index in [0.717, 1.165) is 37.3 Å². The van der Waals surface area contributed by atoms with Crippen LogP contribution in [0.3, 0.4) is 0 Å². The SMILES string of the molecule is Cc1cc(CN2CCCC(C(=O)O)C2)n(C)n1. The summed E-state index contributed by atoms with van der Waals surface area (Å²) in [5, 5.41) is 13.3. The van der Waals surface area contributed by atoms with Gasteiger partial charge < -0.3 is 5.11 Å². The molecule has 5 heteroatoms. The Kier molecular flexibility index (Phi) is 3.47. The molecule has 2 heterocycles. The molecular formula is C12H19N3O2. The van der Waals surface area contributed by atoms with Crippen molar-refractivity contribution in [2.45, 2.75) is 26.3 Å². The van der Waals surface area contributed by atoms with Crippen molar-refractivity contribution < 1.29 is 9.90 Å². The maximum atomic E-state index is 11.0. The van der Waals surface area contributed by atoms with Crippen molar-refractivity contribution in [3.8, 4) is 0 Å². The Hall–Kier alpha value is -1.36. The zero-order chi connectivity index (χ0) is 12.4. The summed E-state index contributed by atoms with van der Waals surface area (Å²) >= 11 is 0. The number of piperidine rings is 1. The third kappa shape index (κ3) is 2.85. The Morgan fingerprint density at radius 3 is 3.00 bits per heavy atom. The van der Waals surface area contributed by atoms with E-state index in [1.54, 1.807) is 0 Å². The molecule has 1 aliphatic heterocycles. The van der Waals surface area contributed by atoms with Crippen molar-refractivity contribution in [3.05, 3.63) is 17.5 Å². The lowest BCUT2D eigenvalue weighted by Gasteiger charge is -2.30. The molecule has 94 valence electrons. The molecule has 0 amide bonds. The first-order valence-electron chi connectivity index (χ1n) is 6.01. The van der Waals surface area contributed by atoms with Crippen molar-refractivity contribution in [3.63, 3.8) is 0 Å². The van der Waals surface area contributed by atoms with Crippen LogP contribution in [-0.4, -0.2) is 38.8 Å². The van der Waals surface area contributed by atoms with Crippen LogP contribution in [0.5, 0.6) is 0 Å². The topological polar surface area (TPSA) is 58.4 Å². The van der Waals surface area contributed by atoms with E-state index in [9.17, 15) is 4.79 Å². The quantitative estimate of drug-likeness (QED) is 0.853. The van der Waals surface area contributed by atoms with Crippen LogP contribution >= 0.6 is 0 Å². The van der Waals surface area contributed by atoms with E-state index in [1.807, 2.05) is 18.7 Å². The summed E-state index contributed by atoms with van der Waals surface area (Å²) in [4.78, 5) is 13.2. The zero-order valence-corrected chi connectivity index (χ0v) is 10.4. The Labute approximate surface area is 101 Å². The highest BCUT2D eigenvalue weighted by Gasteiger charge is 2.25. The number of likely N-dealkylation sites (tertiary alicyclic amines) is 1. The molecule has 2 rings (SSSR count). The van der Waals surface area contributed by atoms with Crippen molar-refractivity contribution in [2.75, 3.05) is 13.1 Å². The summed E-state index contributed by atoms with van der Waals surface area (Å²) < 4.78 is 1.87. The summed E-state index contributed by atoms with van der Waals surface area (Å²) in [5.74, 6) is -0.881. The van der Waals surface area contributed by atoms with Gasteiger partial charge >= 0.3 is 5.97 Å².